The first-order chi connectivity index (χ1) is 15.1. The van der Waals surface area contributed by atoms with Gasteiger partial charge in [0.05, 0.1) is 65.3 Å². The Morgan fingerprint density at radius 3 is 1.77 bits per heavy atom. The molecule has 1 heterocycles. The Kier molecular flexibility index (Phi) is 15.7. The van der Waals surface area contributed by atoms with Crippen LogP contribution < -0.4 is 0 Å². The van der Waals surface area contributed by atoms with E-state index in [1.807, 2.05) is 6.92 Å². The lowest BCUT2D eigenvalue weighted by molar-refractivity contribution is -0.150. The van der Waals surface area contributed by atoms with Gasteiger partial charge in [0.1, 0.15) is 6.61 Å². The molecule has 1 atom stereocenters. The zero-order valence-corrected chi connectivity index (χ0v) is 18.8. The lowest BCUT2D eigenvalue weighted by Crippen LogP contribution is -2.33. The van der Waals surface area contributed by atoms with Crippen LogP contribution >= 0.6 is 0 Å². The minimum atomic E-state index is -0.306. The fraction of sp³-hybridized carbons (Fsp3) is 0.773. The van der Waals surface area contributed by atoms with Gasteiger partial charge in [-0.05, 0) is 12.8 Å². The van der Waals surface area contributed by atoms with Crippen LogP contribution in [0.3, 0.4) is 0 Å². The van der Waals surface area contributed by atoms with Crippen molar-refractivity contribution in [2.24, 2.45) is 5.92 Å². The summed E-state index contributed by atoms with van der Waals surface area (Å²) in [6, 6.07) is 0. The van der Waals surface area contributed by atoms with E-state index in [0.29, 0.717) is 46.2 Å². The van der Waals surface area contributed by atoms with Gasteiger partial charge in [0.2, 0.25) is 0 Å². The highest BCUT2D eigenvalue weighted by Gasteiger charge is 2.22. The van der Waals surface area contributed by atoms with Gasteiger partial charge in [-0.25, -0.2) is 0 Å². The van der Waals surface area contributed by atoms with Crippen LogP contribution in [0.1, 0.15) is 39.5 Å². The number of rotatable bonds is 20. The standard InChI is InChI=1S/C22H37NO8/c1-3-5-6-19(4-2)22(26)31-18-17-30-16-15-29-14-13-28-12-11-27-10-9-23-20(24)7-8-21(23)25/h7-8,19H,3-6,9-18H2,1-2H3. The van der Waals surface area contributed by atoms with Crippen molar-refractivity contribution in [1.82, 2.24) is 4.90 Å². The number of amides is 2. The number of hydrogen-bond donors (Lipinski definition) is 0. The molecule has 0 aliphatic carbocycles. The van der Waals surface area contributed by atoms with E-state index in [1.165, 1.54) is 12.2 Å². The van der Waals surface area contributed by atoms with E-state index >= 15 is 0 Å². The lowest BCUT2D eigenvalue weighted by Gasteiger charge is -2.14. The number of ether oxygens (including phenoxy) is 5. The van der Waals surface area contributed by atoms with Gasteiger partial charge in [-0.3, -0.25) is 19.3 Å². The summed E-state index contributed by atoms with van der Waals surface area (Å²) in [5.74, 6) is -0.754. The molecule has 0 spiro atoms. The first-order valence-electron chi connectivity index (χ1n) is 11.1. The fourth-order valence-corrected chi connectivity index (χ4v) is 2.83. The van der Waals surface area contributed by atoms with Crippen molar-refractivity contribution in [2.45, 2.75) is 39.5 Å². The molecule has 1 aliphatic heterocycles. The molecule has 0 saturated carbocycles. The van der Waals surface area contributed by atoms with Gasteiger partial charge in [0.15, 0.2) is 0 Å². The van der Waals surface area contributed by atoms with Crippen LogP contribution in [0.25, 0.3) is 0 Å². The average molecular weight is 444 g/mol. The van der Waals surface area contributed by atoms with E-state index in [2.05, 4.69) is 6.92 Å². The average Bonchev–Trinajstić information content (AvgIpc) is 3.08. The van der Waals surface area contributed by atoms with Gasteiger partial charge in [0, 0.05) is 12.2 Å². The van der Waals surface area contributed by atoms with Crippen molar-refractivity contribution in [3.63, 3.8) is 0 Å². The highest BCUT2D eigenvalue weighted by molar-refractivity contribution is 6.12. The molecule has 0 aromatic carbocycles. The Hall–Kier alpha value is -1.81. The van der Waals surface area contributed by atoms with Crippen LogP contribution in [-0.2, 0) is 38.1 Å². The second-order valence-corrected chi connectivity index (χ2v) is 7.03. The summed E-state index contributed by atoms with van der Waals surface area (Å²) in [6.45, 7) is 7.79. The van der Waals surface area contributed by atoms with Crippen molar-refractivity contribution in [3.8, 4) is 0 Å². The third-order valence-corrected chi connectivity index (χ3v) is 4.68. The van der Waals surface area contributed by atoms with Crippen LogP contribution in [0.4, 0.5) is 0 Å². The number of esters is 1. The fourth-order valence-electron chi connectivity index (χ4n) is 2.83. The van der Waals surface area contributed by atoms with Gasteiger partial charge in [-0.1, -0.05) is 26.7 Å². The molecule has 1 unspecified atom stereocenters. The topological polar surface area (TPSA) is 101 Å². The van der Waals surface area contributed by atoms with Crippen LogP contribution in [-0.4, -0.2) is 88.7 Å². The maximum absolute atomic E-state index is 11.9. The van der Waals surface area contributed by atoms with Gasteiger partial charge in [0.25, 0.3) is 11.8 Å². The van der Waals surface area contributed by atoms with E-state index in [1.54, 1.807) is 0 Å². The Labute approximate surface area is 185 Å². The number of carbonyl (C=O) groups is 3. The molecule has 1 rings (SSSR count). The van der Waals surface area contributed by atoms with Crippen molar-refractivity contribution < 1.29 is 38.1 Å². The molecule has 0 bridgehead atoms. The summed E-state index contributed by atoms with van der Waals surface area (Å²) in [5.41, 5.74) is 0. The third-order valence-electron chi connectivity index (χ3n) is 4.68. The van der Waals surface area contributed by atoms with Crippen molar-refractivity contribution in [1.29, 1.82) is 0 Å². The van der Waals surface area contributed by atoms with Gasteiger partial charge in [-0.15, -0.1) is 0 Å². The normalized spacial score (nSPS) is 14.5. The molecule has 0 N–H and O–H groups in total. The Morgan fingerprint density at radius 2 is 1.29 bits per heavy atom. The molecule has 0 radical (unpaired) electrons. The van der Waals surface area contributed by atoms with Crippen LogP contribution in [0.5, 0.6) is 0 Å². The minimum Gasteiger partial charge on any atom is -0.463 e. The molecule has 2 amide bonds. The smallest absolute Gasteiger partial charge is 0.308 e. The molecule has 0 aromatic heterocycles. The number of nitrogens with zero attached hydrogens (tertiary/aromatic N) is 1. The predicted molar refractivity (Wildman–Crippen MR) is 113 cm³/mol. The molecule has 178 valence electrons. The summed E-state index contributed by atoms with van der Waals surface area (Å²) in [7, 11) is 0. The molecule has 0 saturated heterocycles. The highest BCUT2D eigenvalue weighted by Crippen LogP contribution is 2.14. The number of hydrogen-bond acceptors (Lipinski definition) is 8. The Bertz CT molecular complexity index is 534. The Morgan fingerprint density at radius 1 is 0.806 bits per heavy atom. The van der Waals surface area contributed by atoms with E-state index in [-0.39, 0.29) is 43.5 Å². The van der Waals surface area contributed by atoms with Crippen LogP contribution in [0, 0.1) is 5.92 Å². The molecular weight excluding hydrogens is 406 g/mol. The SMILES string of the molecule is CCCCC(CC)C(=O)OCCOCCOCCOCCOCCN1C(=O)C=CC1=O. The minimum absolute atomic E-state index is 0.00976. The molecule has 1 aliphatic rings. The maximum Gasteiger partial charge on any atom is 0.308 e. The summed E-state index contributed by atoms with van der Waals surface area (Å²) in [6.07, 6.45) is 6.31. The van der Waals surface area contributed by atoms with E-state index in [4.69, 9.17) is 23.7 Å². The number of unbranched alkanes of at least 4 members (excludes halogenated alkanes) is 1. The first-order valence-corrected chi connectivity index (χ1v) is 11.1. The second kappa shape index (κ2) is 17.8. The zero-order valence-electron chi connectivity index (χ0n) is 18.8. The molecule has 0 aromatic rings. The summed E-state index contributed by atoms with van der Waals surface area (Å²) < 4.78 is 26.7. The molecule has 0 fully saturated rings. The number of imide groups is 1. The second-order valence-electron chi connectivity index (χ2n) is 7.03. The van der Waals surface area contributed by atoms with Crippen molar-refractivity contribution in [3.05, 3.63) is 12.2 Å². The van der Waals surface area contributed by atoms with Crippen molar-refractivity contribution >= 4 is 17.8 Å². The van der Waals surface area contributed by atoms with Gasteiger partial charge >= 0.3 is 5.97 Å². The van der Waals surface area contributed by atoms with Gasteiger partial charge < -0.3 is 23.7 Å². The maximum atomic E-state index is 11.9. The zero-order chi connectivity index (χ0) is 22.7. The summed E-state index contributed by atoms with van der Waals surface area (Å²) >= 11 is 0. The lowest BCUT2D eigenvalue weighted by atomic mass is 10.00. The van der Waals surface area contributed by atoms with Crippen LogP contribution in [0.15, 0.2) is 12.2 Å². The van der Waals surface area contributed by atoms with Gasteiger partial charge in [-0.2, -0.15) is 0 Å². The highest BCUT2D eigenvalue weighted by atomic mass is 16.6. The molecule has 9 heteroatoms. The summed E-state index contributed by atoms with van der Waals surface area (Å²) in [4.78, 5) is 35.7. The molecule has 31 heavy (non-hydrogen) atoms. The van der Waals surface area contributed by atoms with E-state index in [9.17, 15) is 14.4 Å². The van der Waals surface area contributed by atoms with E-state index < -0.39 is 0 Å². The Balaban J connectivity index is 1.81. The quantitative estimate of drug-likeness (QED) is 0.159. The monoisotopic (exact) mass is 443 g/mol. The van der Waals surface area contributed by atoms with Crippen molar-refractivity contribution in [2.75, 3.05) is 66.0 Å². The first kappa shape index (κ1) is 27.2. The number of carbonyl (C=O) groups excluding carboxylic acids is 3. The van der Waals surface area contributed by atoms with E-state index in [0.717, 1.165) is 30.6 Å². The van der Waals surface area contributed by atoms with Crippen LogP contribution in [0.2, 0.25) is 0 Å². The largest absolute Gasteiger partial charge is 0.463 e. The molecular formula is C22H37NO8. The summed E-state index contributed by atoms with van der Waals surface area (Å²) in [5, 5.41) is 0. The predicted octanol–water partition coefficient (Wildman–Crippen LogP) is 1.74. The molecule has 9 nitrogen and oxygen atoms in total. The third kappa shape index (κ3) is 12.6.